The van der Waals surface area contributed by atoms with Crippen LogP contribution in [-0.4, -0.2) is 28.0 Å². The topological polar surface area (TPSA) is 84.5 Å². The van der Waals surface area contributed by atoms with Crippen molar-refractivity contribution in [3.63, 3.8) is 0 Å². The van der Waals surface area contributed by atoms with E-state index in [2.05, 4.69) is 26.0 Å². The lowest BCUT2D eigenvalue weighted by Crippen LogP contribution is -2.35. The molecule has 0 saturated heterocycles. The van der Waals surface area contributed by atoms with Crippen LogP contribution in [0, 0.1) is 11.8 Å². The van der Waals surface area contributed by atoms with Crippen molar-refractivity contribution in [1.29, 1.82) is 0 Å². The number of nitrogens with one attached hydrogen (secondary N) is 2. The first-order valence-corrected chi connectivity index (χ1v) is 12.6. The number of rotatable bonds is 8. The van der Waals surface area contributed by atoms with Crippen LogP contribution in [0.1, 0.15) is 31.2 Å². The molecule has 6 nitrogen and oxygen atoms in total. The first-order valence-electron chi connectivity index (χ1n) is 9.53. The number of ether oxygens (including phenoxy) is 1. The fraction of sp³-hybridized carbons (Fsp3) is 0.450. The monoisotopic (exact) mass is 500 g/mol. The molecular formula is C20H25BrN2O4S2. The highest BCUT2D eigenvalue weighted by Crippen LogP contribution is 2.30. The largest absolute Gasteiger partial charge is 0.497 e. The van der Waals surface area contributed by atoms with Crippen LogP contribution in [0.5, 0.6) is 5.75 Å². The van der Waals surface area contributed by atoms with Crippen LogP contribution in [-0.2, 0) is 21.4 Å². The molecule has 29 heavy (non-hydrogen) atoms. The smallest absolute Gasteiger partial charge is 0.250 e. The number of benzene rings is 1. The minimum atomic E-state index is -3.46. The van der Waals surface area contributed by atoms with Gasteiger partial charge in [0.2, 0.25) is 15.9 Å². The molecule has 2 N–H and O–H groups in total. The number of halogens is 1. The zero-order valence-corrected chi connectivity index (χ0v) is 19.4. The lowest BCUT2D eigenvalue weighted by atomic mass is 9.81. The van der Waals surface area contributed by atoms with Crippen LogP contribution in [0.4, 0.5) is 0 Å². The molecule has 3 rings (SSSR count). The van der Waals surface area contributed by atoms with E-state index in [1.54, 1.807) is 19.2 Å². The van der Waals surface area contributed by atoms with E-state index in [-0.39, 0.29) is 17.7 Å². The maximum Gasteiger partial charge on any atom is 0.250 e. The number of amides is 1. The third-order valence-corrected chi connectivity index (χ3v) is 8.76. The summed E-state index contributed by atoms with van der Waals surface area (Å²) in [6.45, 7) is 0.914. The van der Waals surface area contributed by atoms with Crippen molar-refractivity contribution in [2.75, 3.05) is 13.7 Å². The zero-order valence-electron chi connectivity index (χ0n) is 16.2. The van der Waals surface area contributed by atoms with Crippen molar-refractivity contribution in [1.82, 2.24) is 10.0 Å². The van der Waals surface area contributed by atoms with Crippen LogP contribution >= 0.6 is 27.3 Å². The van der Waals surface area contributed by atoms with Crippen molar-refractivity contribution in [2.24, 2.45) is 11.8 Å². The zero-order chi connectivity index (χ0) is 20.9. The Labute approximate surface area is 184 Å². The van der Waals surface area contributed by atoms with Gasteiger partial charge in [0.1, 0.15) is 9.96 Å². The predicted molar refractivity (Wildman–Crippen MR) is 117 cm³/mol. The maximum atomic E-state index is 12.5. The van der Waals surface area contributed by atoms with Crippen molar-refractivity contribution in [3.05, 3.63) is 45.7 Å². The van der Waals surface area contributed by atoms with Gasteiger partial charge in [-0.05, 0) is 77.4 Å². The number of thiophene rings is 1. The molecule has 1 aliphatic carbocycles. The van der Waals surface area contributed by atoms with Crippen LogP contribution < -0.4 is 14.8 Å². The average molecular weight is 501 g/mol. The number of hydrogen-bond donors (Lipinski definition) is 2. The van der Waals surface area contributed by atoms with E-state index < -0.39 is 10.0 Å². The lowest BCUT2D eigenvalue weighted by Gasteiger charge is -2.27. The Morgan fingerprint density at radius 1 is 1.14 bits per heavy atom. The van der Waals surface area contributed by atoms with Crippen molar-refractivity contribution in [3.8, 4) is 5.75 Å². The van der Waals surface area contributed by atoms with Gasteiger partial charge in [0.15, 0.2) is 0 Å². The van der Waals surface area contributed by atoms with Gasteiger partial charge in [-0.15, -0.1) is 11.3 Å². The molecule has 1 fully saturated rings. The van der Waals surface area contributed by atoms with E-state index in [9.17, 15) is 13.2 Å². The molecule has 0 spiro atoms. The quantitative estimate of drug-likeness (QED) is 0.575. The molecule has 0 aliphatic heterocycles. The number of methoxy groups -OCH3 is 1. The molecule has 158 valence electrons. The Morgan fingerprint density at radius 2 is 1.83 bits per heavy atom. The van der Waals surface area contributed by atoms with Crippen LogP contribution in [0.2, 0.25) is 0 Å². The van der Waals surface area contributed by atoms with Gasteiger partial charge in [0, 0.05) is 19.0 Å². The second-order valence-electron chi connectivity index (χ2n) is 7.19. The number of carbonyl (C=O) groups excluding carboxylic acids is 1. The summed E-state index contributed by atoms with van der Waals surface area (Å²) in [5.74, 6) is 1.12. The predicted octanol–water partition coefficient (Wildman–Crippen LogP) is 3.92. The Morgan fingerprint density at radius 3 is 2.41 bits per heavy atom. The van der Waals surface area contributed by atoms with Gasteiger partial charge in [0.25, 0.3) is 0 Å². The van der Waals surface area contributed by atoms with Gasteiger partial charge in [0.05, 0.1) is 10.9 Å². The molecule has 0 unspecified atom stereocenters. The fourth-order valence-corrected chi connectivity index (χ4v) is 6.62. The van der Waals surface area contributed by atoms with Crippen LogP contribution in [0.15, 0.2) is 44.4 Å². The number of carbonyl (C=O) groups is 1. The Bertz CT molecular complexity index is 920. The first-order chi connectivity index (χ1) is 13.9. The summed E-state index contributed by atoms with van der Waals surface area (Å²) in [4.78, 5) is 12.5. The normalized spacial score (nSPS) is 19.7. The summed E-state index contributed by atoms with van der Waals surface area (Å²) in [5.41, 5.74) is 1.03. The van der Waals surface area contributed by atoms with E-state index in [0.717, 1.165) is 40.8 Å². The first kappa shape index (κ1) is 22.3. The molecule has 0 bridgehead atoms. The van der Waals surface area contributed by atoms with Crippen molar-refractivity contribution >= 4 is 43.2 Å². The minimum Gasteiger partial charge on any atom is -0.497 e. The molecule has 9 heteroatoms. The maximum absolute atomic E-state index is 12.5. The van der Waals surface area contributed by atoms with E-state index in [1.165, 1.54) is 11.3 Å². The summed E-state index contributed by atoms with van der Waals surface area (Å²) >= 11 is 4.49. The van der Waals surface area contributed by atoms with E-state index in [1.807, 2.05) is 24.3 Å². The number of sulfonamides is 1. The minimum absolute atomic E-state index is 0.00523. The van der Waals surface area contributed by atoms with Gasteiger partial charge in [-0.3, -0.25) is 4.79 Å². The lowest BCUT2D eigenvalue weighted by molar-refractivity contribution is -0.126. The van der Waals surface area contributed by atoms with Gasteiger partial charge < -0.3 is 10.1 Å². The van der Waals surface area contributed by atoms with E-state index >= 15 is 0 Å². The average Bonchev–Trinajstić information content (AvgIpc) is 3.18. The molecule has 2 aromatic rings. The standard InChI is InChI=1S/C20H25BrN2O4S2/c1-27-17-8-4-14(5-9-17)12-22-20(24)16-6-2-15(3-7-16)13-23-29(25,26)19-11-10-18(21)28-19/h4-5,8-11,15-16,23H,2-3,6-7,12-13H2,1H3,(H,22,24). The summed E-state index contributed by atoms with van der Waals surface area (Å²) in [6.07, 6.45) is 3.26. The summed E-state index contributed by atoms with van der Waals surface area (Å²) in [5, 5.41) is 3.01. The molecule has 1 heterocycles. The van der Waals surface area contributed by atoms with Gasteiger partial charge in [-0.1, -0.05) is 12.1 Å². The molecule has 1 aromatic heterocycles. The summed E-state index contributed by atoms with van der Waals surface area (Å²) in [6, 6.07) is 11.0. The molecule has 0 radical (unpaired) electrons. The van der Waals surface area contributed by atoms with Crippen LogP contribution in [0.25, 0.3) is 0 Å². The second-order valence-corrected chi connectivity index (χ2v) is 11.7. The Kier molecular flexibility index (Phi) is 7.72. The summed E-state index contributed by atoms with van der Waals surface area (Å²) < 4.78 is 33.6. The van der Waals surface area contributed by atoms with Crippen molar-refractivity contribution < 1.29 is 17.9 Å². The molecule has 1 aromatic carbocycles. The van der Waals surface area contributed by atoms with Gasteiger partial charge in [-0.2, -0.15) is 0 Å². The molecule has 0 atom stereocenters. The highest BCUT2D eigenvalue weighted by molar-refractivity contribution is 9.11. The van der Waals surface area contributed by atoms with E-state index in [4.69, 9.17) is 4.74 Å². The molecule has 1 aliphatic rings. The SMILES string of the molecule is COc1ccc(CNC(=O)C2CCC(CNS(=O)(=O)c3ccc(Br)s3)CC2)cc1. The fourth-order valence-electron chi connectivity index (χ4n) is 3.45. The Balaban J connectivity index is 1.40. The number of hydrogen-bond acceptors (Lipinski definition) is 5. The molecule has 1 amide bonds. The van der Waals surface area contributed by atoms with E-state index in [0.29, 0.717) is 17.3 Å². The Hall–Kier alpha value is -1.42. The van der Waals surface area contributed by atoms with Gasteiger partial charge in [-0.25, -0.2) is 13.1 Å². The van der Waals surface area contributed by atoms with Gasteiger partial charge >= 0.3 is 0 Å². The highest BCUT2D eigenvalue weighted by atomic mass is 79.9. The third kappa shape index (κ3) is 6.28. The molecular weight excluding hydrogens is 476 g/mol. The van der Waals surface area contributed by atoms with Crippen LogP contribution in [0.3, 0.4) is 0 Å². The van der Waals surface area contributed by atoms with Crippen molar-refractivity contribution in [2.45, 2.75) is 36.4 Å². The molecule has 1 saturated carbocycles. The summed E-state index contributed by atoms with van der Waals surface area (Å²) in [7, 11) is -1.84. The highest BCUT2D eigenvalue weighted by Gasteiger charge is 2.27. The third-order valence-electron chi connectivity index (χ3n) is 5.22. The second kappa shape index (κ2) is 10.1.